The Morgan fingerprint density at radius 2 is 0.986 bits per heavy atom. The van der Waals surface area contributed by atoms with Crippen LogP contribution in [0.15, 0.2) is 24.3 Å². The highest BCUT2D eigenvalue weighted by molar-refractivity contribution is 5.86. The van der Waals surface area contributed by atoms with Gasteiger partial charge in [0.25, 0.3) is 0 Å². The van der Waals surface area contributed by atoms with Crippen LogP contribution in [0.5, 0.6) is 5.75 Å². The van der Waals surface area contributed by atoms with E-state index in [0.717, 1.165) is 38.5 Å². The summed E-state index contributed by atoms with van der Waals surface area (Å²) in [6, 6.07) is 6.23. The van der Waals surface area contributed by atoms with Crippen LogP contribution in [0.2, 0.25) is 0 Å². The van der Waals surface area contributed by atoms with Gasteiger partial charge in [-0.2, -0.15) is 0 Å². The molecular weight excluding hydrogens is 897 g/mol. The molecule has 1 heterocycles. The molecule has 8 atom stereocenters. The minimum absolute atomic E-state index is 0.136. The first-order valence-electron chi connectivity index (χ1n) is 29.8. The van der Waals surface area contributed by atoms with E-state index in [1.54, 1.807) is 24.3 Å². The standard InChI is InChI=1S/C59H110N2O10/c1-4-7-9-11-13-15-17-19-20-21-22-23-24-25-26-27-28-29-30-32-34-36-38-42-46-60-50(54(63)51(62)44-39-37-35-33-31-18-16-14-12-10-8-5-2)47-69-58-57(66)56(65)55(64)53(71-58)48-70-59(67)61-49-43-40-41-45-52(49)68-6-3/h40-41,43,45,50-51,53-58,60,62-66H,4-39,42,44,46-48H2,1-3H3,(H,61,67)/t50-,51+,53+,54-,55-,56-,57+,58+/m0/s1. The predicted molar refractivity (Wildman–Crippen MR) is 291 cm³/mol. The molecule has 0 radical (unpaired) electrons. The third kappa shape index (κ3) is 32.8. The van der Waals surface area contributed by atoms with Crippen LogP contribution in [0.1, 0.15) is 258 Å². The lowest BCUT2D eigenvalue weighted by atomic mass is 9.98. The number of para-hydroxylation sites is 2. The van der Waals surface area contributed by atoms with E-state index in [2.05, 4.69) is 24.5 Å². The fourth-order valence-electron chi connectivity index (χ4n) is 9.83. The quantitative estimate of drug-likeness (QED) is 0.0309. The Kier molecular flexibility index (Phi) is 41.6. The molecule has 12 nitrogen and oxygen atoms in total. The summed E-state index contributed by atoms with van der Waals surface area (Å²) in [5.41, 5.74) is 0.408. The largest absolute Gasteiger partial charge is 0.492 e. The van der Waals surface area contributed by atoms with Crippen molar-refractivity contribution in [1.82, 2.24) is 5.32 Å². The van der Waals surface area contributed by atoms with Crippen LogP contribution in [0.4, 0.5) is 10.5 Å². The molecule has 0 aliphatic carbocycles. The van der Waals surface area contributed by atoms with Gasteiger partial charge in [0.2, 0.25) is 0 Å². The number of aliphatic hydroxyl groups excluding tert-OH is 5. The van der Waals surface area contributed by atoms with Crippen LogP contribution in [0.3, 0.4) is 0 Å². The maximum absolute atomic E-state index is 12.7. The molecule has 1 amide bonds. The highest BCUT2D eigenvalue weighted by atomic mass is 16.7. The molecule has 12 heteroatoms. The van der Waals surface area contributed by atoms with Crippen LogP contribution in [0, 0.1) is 0 Å². The molecule has 1 saturated heterocycles. The number of aliphatic hydroxyl groups is 5. The molecule has 71 heavy (non-hydrogen) atoms. The summed E-state index contributed by atoms with van der Waals surface area (Å²) < 4.78 is 22.8. The van der Waals surface area contributed by atoms with Crippen LogP contribution in [-0.4, -0.2) is 107 Å². The zero-order valence-electron chi connectivity index (χ0n) is 45.7. The van der Waals surface area contributed by atoms with E-state index in [0.29, 0.717) is 31.0 Å². The lowest BCUT2D eigenvalue weighted by Crippen LogP contribution is -2.60. The number of carbonyl (C=O) groups excluding carboxylic acids is 1. The predicted octanol–water partition coefficient (Wildman–Crippen LogP) is 13.6. The second-order valence-electron chi connectivity index (χ2n) is 20.9. The van der Waals surface area contributed by atoms with Gasteiger partial charge in [0.05, 0.1) is 37.2 Å². The summed E-state index contributed by atoms with van der Waals surface area (Å²) in [4.78, 5) is 12.7. The number of hydrogen-bond donors (Lipinski definition) is 7. The summed E-state index contributed by atoms with van der Waals surface area (Å²) in [7, 11) is 0. The lowest BCUT2D eigenvalue weighted by molar-refractivity contribution is -0.302. The highest BCUT2D eigenvalue weighted by Crippen LogP contribution is 2.26. The van der Waals surface area contributed by atoms with Crippen molar-refractivity contribution >= 4 is 11.8 Å². The second-order valence-corrected chi connectivity index (χ2v) is 20.9. The van der Waals surface area contributed by atoms with Crippen molar-refractivity contribution < 1.29 is 49.3 Å². The third-order valence-corrected chi connectivity index (χ3v) is 14.5. The molecule has 1 aliphatic rings. The Bertz CT molecular complexity index is 1340. The molecule has 416 valence electrons. The maximum Gasteiger partial charge on any atom is 0.411 e. The van der Waals surface area contributed by atoms with E-state index in [1.807, 2.05) is 6.92 Å². The Morgan fingerprint density at radius 3 is 1.44 bits per heavy atom. The van der Waals surface area contributed by atoms with E-state index < -0.39 is 61.7 Å². The first-order valence-corrected chi connectivity index (χ1v) is 29.8. The molecule has 1 aromatic rings. The number of hydrogen-bond acceptors (Lipinski definition) is 11. The molecule has 0 spiro atoms. The van der Waals surface area contributed by atoms with Crippen LogP contribution < -0.4 is 15.4 Å². The number of benzene rings is 1. The number of nitrogens with one attached hydrogen (secondary N) is 2. The van der Waals surface area contributed by atoms with Gasteiger partial charge >= 0.3 is 6.09 Å². The lowest BCUT2D eigenvalue weighted by Gasteiger charge is -2.40. The van der Waals surface area contributed by atoms with Crippen molar-refractivity contribution in [2.45, 2.75) is 307 Å². The molecule has 1 fully saturated rings. The molecule has 7 N–H and O–H groups in total. The molecular formula is C59H110N2O10. The van der Waals surface area contributed by atoms with E-state index >= 15 is 0 Å². The molecule has 2 rings (SSSR count). The van der Waals surface area contributed by atoms with Crippen LogP contribution in [-0.2, 0) is 14.2 Å². The second kappa shape index (κ2) is 45.4. The molecule has 0 aromatic heterocycles. The Hall–Kier alpha value is -2.03. The van der Waals surface area contributed by atoms with Crippen molar-refractivity contribution in [2.75, 3.05) is 31.7 Å². The van der Waals surface area contributed by atoms with Crippen molar-refractivity contribution in [1.29, 1.82) is 0 Å². The SMILES string of the molecule is CCCCCCCCCCCCCCCCCCCCCCCCCCN[C@@H](CO[C@@H]1O[C@H](COC(=O)Nc2ccccc2OCC)[C@H](O)[C@H](O)[C@H]1O)[C@H](O)[C@H](O)CCCCCCCCCCCCCC. The van der Waals surface area contributed by atoms with Crippen LogP contribution in [0.25, 0.3) is 0 Å². The minimum atomic E-state index is -1.64. The summed E-state index contributed by atoms with van der Waals surface area (Å²) >= 11 is 0. The van der Waals surface area contributed by atoms with Gasteiger partial charge in [-0.3, -0.25) is 5.32 Å². The fraction of sp³-hybridized carbons (Fsp3) is 0.881. The smallest absolute Gasteiger partial charge is 0.411 e. The topological polar surface area (TPSA) is 179 Å². The van der Waals surface area contributed by atoms with E-state index in [9.17, 15) is 30.3 Å². The van der Waals surface area contributed by atoms with E-state index in [1.165, 1.54) is 193 Å². The molecule has 1 aromatic carbocycles. The van der Waals surface area contributed by atoms with Gasteiger partial charge in [-0.25, -0.2) is 4.79 Å². The summed E-state index contributed by atoms with van der Waals surface area (Å²) in [5, 5.41) is 61.0. The zero-order valence-corrected chi connectivity index (χ0v) is 45.7. The van der Waals surface area contributed by atoms with Gasteiger partial charge in [-0.15, -0.1) is 0 Å². The van der Waals surface area contributed by atoms with E-state index in [4.69, 9.17) is 18.9 Å². The van der Waals surface area contributed by atoms with Gasteiger partial charge in [0.15, 0.2) is 6.29 Å². The molecule has 0 unspecified atom stereocenters. The maximum atomic E-state index is 12.7. The average Bonchev–Trinajstić information content (AvgIpc) is 3.37. The van der Waals surface area contributed by atoms with Crippen molar-refractivity contribution in [3.8, 4) is 5.75 Å². The number of carbonyl (C=O) groups is 1. The number of rotatable bonds is 49. The number of anilines is 1. The summed E-state index contributed by atoms with van der Waals surface area (Å²) in [6.45, 7) is 6.82. The summed E-state index contributed by atoms with van der Waals surface area (Å²) in [5.74, 6) is 0.471. The van der Waals surface area contributed by atoms with Gasteiger partial charge in [0, 0.05) is 0 Å². The first-order chi connectivity index (χ1) is 34.7. The first kappa shape index (κ1) is 65.1. The van der Waals surface area contributed by atoms with Gasteiger partial charge < -0.3 is 49.8 Å². The number of ether oxygens (including phenoxy) is 4. The van der Waals surface area contributed by atoms with Crippen molar-refractivity contribution in [3.63, 3.8) is 0 Å². The van der Waals surface area contributed by atoms with Gasteiger partial charge in [-0.1, -0.05) is 251 Å². The molecule has 0 saturated carbocycles. The average molecular weight is 1010 g/mol. The summed E-state index contributed by atoms with van der Waals surface area (Å²) in [6.07, 6.45) is 36.8. The fourth-order valence-corrected chi connectivity index (χ4v) is 9.83. The van der Waals surface area contributed by atoms with Crippen molar-refractivity contribution in [3.05, 3.63) is 24.3 Å². The Balaban J connectivity index is 1.72. The third-order valence-electron chi connectivity index (χ3n) is 14.5. The van der Waals surface area contributed by atoms with Crippen molar-refractivity contribution in [2.24, 2.45) is 0 Å². The van der Waals surface area contributed by atoms with E-state index in [-0.39, 0.29) is 6.61 Å². The van der Waals surface area contributed by atoms with Gasteiger partial charge in [-0.05, 0) is 38.4 Å². The Morgan fingerprint density at radius 1 is 0.563 bits per heavy atom. The van der Waals surface area contributed by atoms with Crippen LogP contribution >= 0.6 is 0 Å². The monoisotopic (exact) mass is 1010 g/mol. The van der Waals surface area contributed by atoms with Gasteiger partial charge in [0.1, 0.15) is 36.8 Å². The Labute approximate surface area is 433 Å². The molecule has 0 bridgehead atoms. The highest BCUT2D eigenvalue weighted by Gasteiger charge is 2.45. The number of amides is 1. The number of unbranched alkanes of at least 4 members (excludes halogenated alkanes) is 34. The normalized spacial score (nSPS) is 19.4. The molecule has 1 aliphatic heterocycles. The zero-order chi connectivity index (χ0) is 51.4. The minimum Gasteiger partial charge on any atom is -0.492 e.